The van der Waals surface area contributed by atoms with Crippen molar-refractivity contribution >= 4 is 12.0 Å². The Morgan fingerprint density at radius 1 is 1.25 bits per heavy atom. The fraction of sp³-hybridized carbons (Fsp3) is 0.818. The van der Waals surface area contributed by atoms with E-state index in [0.717, 1.165) is 25.9 Å². The molecule has 0 atom stereocenters. The molecular weight excluding hydrogens is 208 g/mol. The van der Waals surface area contributed by atoms with Crippen LogP contribution in [-0.4, -0.2) is 30.7 Å². The fourth-order valence-electron chi connectivity index (χ4n) is 1.59. The lowest BCUT2D eigenvalue weighted by Gasteiger charge is -2.23. The molecule has 0 spiro atoms. The van der Waals surface area contributed by atoms with Crippen molar-refractivity contribution in [2.24, 2.45) is 5.92 Å². The van der Waals surface area contributed by atoms with Crippen LogP contribution in [0.5, 0.6) is 0 Å². The number of amides is 2. The summed E-state index contributed by atoms with van der Waals surface area (Å²) in [6, 6.07) is 0. The van der Waals surface area contributed by atoms with Gasteiger partial charge in [-0.1, -0.05) is 0 Å². The molecule has 1 rings (SSSR count). The standard InChI is InChI=1S/C11H20N2O3/c1-11(2,3)16-10(15)13-9(14)8-4-6-12-7-5-8/h8,12H,4-7H2,1-3H3,(H,13,14,15). The van der Waals surface area contributed by atoms with Gasteiger partial charge in [0.1, 0.15) is 5.60 Å². The van der Waals surface area contributed by atoms with E-state index in [1.807, 2.05) is 0 Å². The van der Waals surface area contributed by atoms with E-state index in [2.05, 4.69) is 10.6 Å². The summed E-state index contributed by atoms with van der Waals surface area (Å²) < 4.78 is 5.01. The Hall–Kier alpha value is -1.10. The lowest BCUT2D eigenvalue weighted by Crippen LogP contribution is -2.42. The topological polar surface area (TPSA) is 67.4 Å². The third-order valence-electron chi connectivity index (χ3n) is 2.33. The first-order chi connectivity index (χ1) is 7.38. The van der Waals surface area contributed by atoms with Crippen LogP contribution in [0.1, 0.15) is 33.6 Å². The van der Waals surface area contributed by atoms with Crippen LogP contribution in [0.2, 0.25) is 0 Å². The van der Waals surface area contributed by atoms with E-state index in [4.69, 9.17) is 4.74 Å². The second kappa shape index (κ2) is 5.30. The van der Waals surface area contributed by atoms with Gasteiger partial charge in [-0.05, 0) is 46.7 Å². The van der Waals surface area contributed by atoms with Gasteiger partial charge in [0, 0.05) is 5.92 Å². The first-order valence-electron chi connectivity index (χ1n) is 5.63. The number of carbonyl (C=O) groups excluding carboxylic acids is 2. The van der Waals surface area contributed by atoms with Gasteiger partial charge in [-0.3, -0.25) is 10.1 Å². The van der Waals surface area contributed by atoms with Gasteiger partial charge in [0.15, 0.2) is 0 Å². The van der Waals surface area contributed by atoms with E-state index in [1.54, 1.807) is 20.8 Å². The largest absolute Gasteiger partial charge is 0.444 e. The van der Waals surface area contributed by atoms with E-state index < -0.39 is 11.7 Å². The maximum absolute atomic E-state index is 11.7. The molecule has 0 aromatic heterocycles. The first-order valence-corrected chi connectivity index (χ1v) is 5.63. The van der Waals surface area contributed by atoms with Crippen molar-refractivity contribution in [3.63, 3.8) is 0 Å². The summed E-state index contributed by atoms with van der Waals surface area (Å²) in [5.74, 6) is -0.301. The van der Waals surface area contributed by atoms with Crippen LogP contribution in [0.3, 0.4) is 0 Å². The molecule has 5 heteroatoms. The summed E-state index contributed by atoms with van der Waals surface area (Å²) in [4.78, 5) is 23.0. The Kier molecular flexibility index (Phi) is 4.29. The number of hydrogen-bond acceptors (Lipinski definition) is 4. The zero-order valence-electron chi connectivity index (χ0n) is 10.1. The van der Waals surface area contributed by atoms with Gasteiger partial charge in [0.2, 0.25) is 5.91 Å². The number of alkyl carbamates (subject to hydrolysis) is 1. The highest BCUT2D eigenvalue weighted by atomic mass is 16.6. The molecule has 0 bridgehead atoms. The maximum atomic E-state index is 11.7. The van der Waals surface area contributed by atoms with Crippen molar-refractivity contribution in [2.75, 3.05) is 13.1 Å². The minimum absolute atomic E-state index is 0.0752. The van der Waals surface area contributed by atoms with Crippen molar-refractivity contribution in [3.05, 3.63) is 0 Å². The highest BCUT2D eigenvalue weighted by Crippen LogP contribution is 2.12. The number of ether oxygens (including phenoxy) is 1. The van der Waals surface area contributed by atoms with E-state index >= 15 is 0 Å². The normalized spacial score (nSPS) is 17.9. The van der Waals surface area contributed by atoms with Gasteiger partial charge in [-0.25, -0.2) is 4.79 Å². The lowest BCUT2D eigenvalue weighted by molar-refractivity contribution is -0.125. The summed E-state index contributed by atoms with van der Waals surface area (Å²) in [6.07, 6.45) is 0.888. The maximum Gasteiger partial charge on any atom is 0.414 e. The Balaban J connectivity index is 2.35. The first kappa shape index (κ1) is 13.0. The van der Waals surface area contributed by atoms with Crippen LogP contribution in [-0.2, 0) is 9.53 Å². The molecule has 92 valence electrons. The molecule has 0 saturated carbocycles. The van der Waals surface area contributed by atoms with Crippen LogP contribution < -0.4 is 10.6 Å². The molecule has 1 aliphatic heterocycles. The number of piperidine rings is 1. The lowest BCUT2D eigenvalue weighted by atomic mass is 9.97. The van der Waals surface area contributed by atoms with Crippen molar-refractivity contribution < 1.29 is 14.3 Å². The number of rotatable bonds is 1. The molecule has 2 amide bonds. The molecule has 0 radical (unpaired) electrons. The summed E-state index contributed by atoms with van der Waals surface area (Å²) in [5.41, 5.74) is -0.571. The van der Waals surface area contributed by atoms with Crippen LogP contribution in [0.25, 0.3) is 0 Å². The van der Waals surface area contributed by atoms with E-state index in [1.165, 1.54) is 0 Å². The van der Waals surface area contributed by atoms with Gasteiger partial charge in [-0.15, -0.1) is 0 Å². The molecule has 0 aromatic carbocycles. The third-order valence-corrected chi connectivity index (χ3v) is 2.33. The summed E-state index contributed by atoms with van der Waals surface area (Å²) in [7, 11) is 0. The molecule has 1 aliphatic rings. The minimum Gasteiger partial charge on any atom is -0.444 e. The van der Waals surface area contributed by atoms with Crippen molar-refractivity contribution in [3.8, 4) is 0 Å². The number of carbonyl (C=O) groups is 2. The number of nitrogens with one attached hydrogen (secondary N) is 2. The SMILES string of the molecule is CC(C)(C)OC(=O)NC(=O)C1CCNCC1. The average Bonchev–Trinajstić information content (AvgIpc) is 2.16. The van der Waals surface area contributed by atoms with Crippen LogP contribution in [0.15, 0.2) is 0 Å². The smallest absolute Gasteiger partial charge is 0.414 e. The zero-order chi connectivity index (χ0) is 12.2. The second-order valence-electron chi connectivity index (χ2n) is 5.02. The summed E-state index contributed by atoms with van der Waals surface area (Å²) in [5, 5.41) is 5.44. The fourth-order valence-corrected chi connectivity index (χ4v) is 1.59. The predicted molar refractivity (Wildman–Crippen MR) is 60.0 cm³/mol. The van der Waals surface area contributed by atoms with Gasteiger partial charge >= 0.3 is 6.09 Å². The van der Waals surface area contributed by atoms with Crippen LogP contribution in [0, 0.1) is 5.92 Å². The Bertz CT molecular complexity index is 265. The van der Waals surface area contributed by atoms with Crippen LogP contribution >= 0.6 is 0 Å². The zero-order valence-corrected chi connectivity index (χ0v) is 10.1. The molecule has 16 heavy (non-hydrogen) atoms. The number of imide groups is 1. The minimum atomic E-state index is -0.656. The van der Waals surface area contributed by atoms with E-state index in [-0.39, 0.29) is 11.8 Å². The van der Waals surface area contributed by atoms with Crippen molar-refractivity contribution in [2.45, 2.75) is 39.2 Å². The quantitative estimate of drug-likeness (QED) is 0.703. The van der Waals surface area contributed by atoms with Crippen molar-refractivity contribution in [1.29, 1.82) is 0 Å². The monoisotopic (exact) mass is 228 g/mol. The second-order valence-corrected chi connectivity index (χ2v) is 5.02. The molecule has 0 aromatic rings. The van der Waals surface area contributed by atoms with Crippen LogP contribution in [0.4, 0.5) is 4.79 Å². The predicted octanol–water partition coefficient (Wildman–Crippen LogP) is 1.04. The Morgan fingerprint density at radius 2 is 1.81 bits per heavy atom. The summed E-state index contributed by atoms with van der Waals surface area (Å²) >= 11 is 0. The summed E-state index contributed by atoms with van der Waals surface area (Å²) in [6.45, 7) is 6.95. The van der Waals surface area contributed by atoms with Gasteiger partial charge < -0.3 is 10.1 Å². The highest BCUT2D eigenvalue weighted by molar-refractivity contribution is 5.93. The molecule has 1 saturated heterocycles. The highest BCUT2D eigenvalue weighted by Gasteiger charge is 2.24. The van der Waals surface area contributed by atoms with Gasteiger partial charge in [0.05, 0.1) is 0 Å². The Morgan fingerprint density at radius 3 is 2.31 bits per heavy atom. The molecule has 2 N–H and O–H groups in total. The van der Waals surface area contributed by atoms with E-state index in [9.17, 15) is 9.59 Å². The number of hydrogen-bond donors (Lipinski definition) is 2. The average molecular weight is 228 g/mol. The molecule has 1 fully saturated rings. The van der Waals surface area contributed by atoms with Crippen molar-refractivity contribution in [1.82, 2.24) is 10.6 Å². The Labute approximate surface area is 95.9 Å². The van der Waals surface area contributed by atoms with E-state index in [0.29, 0.717) is 0 Å². The molecule has 0 aliphatic carbocycles. The molecule has 1 heterocycles. The van der Waals surface area contributed by atoms with Gasteiger partial charge in [-0.2, -0.15) is 0 Å². The molecule has 5 nitrogen and oxygen atoms in total. The molecule has 0 unspecified atom stereocenters. The third kappa shape index (κ3) is 4.61. The van der Waals surface area contributed by atoms with Gasteiger partial charge in [0.25, 0.3) is 0 Å². The molecular formula is C11H20N2O3.